The third-order valence-electron chi connectivity index (χ3n) is 2.53. The molecule has 0 aliphatic heterocycles. The molecule has 0 saturated carbocycles. The molecule has 6 nitrogen and oxygen atoms in total. The van der Waals surface area contributed by atoms with Gasteiger partial charge in [-0.05, 0) is 35.0 Å². The van der Waals surface area contributed by atoms with E-state index in [0.717, 1.165) is 10.2 Å². The van der Waals surface area contributed by atoms with Crippen molar-refractivity contribution in [3.8, 4) is 11.4 Å². The average molecular weight is 311 g/mol. The van der Waals surface area contributed by atoms with Gasteiger partial charge in [0.25, 0.3) is 0 Å². The molecule has 0 amide bonds. The van der Waals surface area contributed by atoms with Gasteiger partial charge in [0.2, 0.25) is 0 Å². The van der Waals surface area contributed by atoms with Gasteiger partial charge in [-0.25, -0.2) is 0 Å². The lowest BCUT2D eigenvalue weighted by Gasteiger charge is -2.03. The van der Waals surface area contributed by atoms with E-state index in [1.165, 1.54) is 4.68 Å². The molecule has 0 aromatic carbocycles. The van der Waals surface area contributed by atoms with Crippen LogP contribution in [0.5, 0.6) is 0 Å². The maximum atomic E-state index is 10.8. The number of aryl methyl sites for hydroxylation is 2. The normalized spacial score (nSPS) is 10.6. The molecule has 0 aliphatic carbocycles. The minimum atomic E-state index is -0.921. The van der Waals surface area contributed by atoms with Gasteiger partial charge in [-0.1, -0.05) is 5.21 Å². The number of carbonyl (C=O) groups is 1. The van der Waals surface area contributed by atoms with Crippen LogP contribution in [0.25, 0.3) is 11.4 Å². The predicted octanol–water partition coefficient (Wildman–Crippen LogP) is 1.58. The summed E-state index contributed by atoms with van der Waals surface area (Å²) in [6.07, 6.45) is -0.129. The summed E-state index contributed by atoms with van der Waals surface area (Å²) in [4.78, 5) is 15.2. The predicted molar refractivity (Wildman–Crippen MR) is 68.0 cm³/mol. The number of aliphatic carboxylic acids is 1. The summed E-state index contributed by atoms with van der Waals surface area (Å²) in [6, 6.07) is 3.64. The fourth-order valence-corrected chi connectivity index (χ4v) is 1.81. The lowest BCUT2D eigenvalue weighted by Crippen LogP contribution is -2.07. The molecule has 0 fully saturated rings. The summed E-state index contributed by atoms with van der Waals surface area (Å²) in [6.45, 7) is 1.86. The summed E-state index contributed by atoms with van der Waals surface area (Å²) in [7, 11) is 1.67. The summed E-state index contributed by atoms with van der Waals surface area (Å²) in [5, 5.41) is 16.7. The summed E-state index contributed by atoms with van der Waals surface area (Å²) < 4.78 is 2.36. The van der Waals surface area contributed by atoms with Gasteiger partial charge in [0, 0.05) is 11.5 Å². The molecule has 0 spiro atoms. The van der Waals surface area contributed by atoms with Crippen molar-refractivity contribution in [3.05, 3.63) is 28.0 Å². The second-order valence-corrected chi connectivity index (χ2v) is 4.70. The van der Waals surface area contributed by atoms with Gasteiger partial charge in [0.05, 0.1) is 23.5 Å². The summed E-state index contributed by atoms with van der Waals surface area (Å²) >= 11 is 3.37. The van der Waals surface area contributed by atoms with Crippen LogP contribution < -0.4 is 0 Å². The van der Waals surface area contributed by atoms with Gasteiger partial charge in [0.1, 0.15) is 5.69 Å². The quantitative estimate of drug-likeness (QED) is 0.930. The molecule has 2 aromatic rings. The van der Waals surface area contributed by atoms with Crippen LogP contribution in [0.1, 0.15) is 11.4 Å². The number of hydrogen-bond donors (Lipinski definition) is 1. The molecular weight excluding hydrogens is 300 g/mol. The highest BCUT2D eigenvalue weighted by Gasteiger charge is 2.17. The number of rotatable bonds is 3. The lowest BCUT2D eigenvalue weighted by atomic mass is 10.1. The molecule has 0 aliphatic rings. The van der Waals surface area contributed by atoms with E-state index in [-0.39, 0.29) is 6.42 Å². The molecule has 0 radical (unpaired) electrons. The fourth-order valence-electron chi connectivity index (χ4n) is 1.59. The first kappa shape index (κ1) is 12.7. The topological polar surface area (TPSA) is 80.9 Å². The number of nitrogens with zero attached hydrogens (tertiary/aromatic N) is 4. The molecule has 0 bridgehead atoms. The standard InChI is InChI=1S/C11H11BrN4O2/c1-6-7(12)3-4-8(13-6)11-9(5-10(17)18)16(2)15-14-11/h3-4H,5H2,1-2H3,(H,17,18). The van der Waals surface area contributed by atoms with Gasteiger partial charge in [0.15, 0.2) is 0 Å². The van der Waals surface area contributed by atoms with Crippen LogP contribution in [-0.2, 0) is 18.3 Å². The van der Waals surface area contributed by atoms with Crippen molar-refractivity contribution in [1.82, 2.24) is 20.0 Å². The van der Waals surface area contributed by atoms with Crippen LogP contribution in [0.4, 0.5) is 0 Å². The SMILES string of the molecule is Cc1nc(-c2nnn(C)c2CC(=O)O)ccc1Br. The summed E-state index contributed by atoms with van der Waals surface area (Å²) in [5.41, 5.74) is 2.49. The van der Waals surface area contributed by atoms with Crippen molar-refractivity contribution in [2.24, 2.45) is 7.05 Å². The van der Waals surface area contributed by atoms with E-state index in [0.29, 0.717) is 17.1 Å². The minimum Gasteiger partial charge on any atom is -0.481 e. The second-order valence-electron chi connectivity index (χ2n) is 3.84. The first-order chi connectivity index (χ1) is 8.49. The summed E-state index contributed by atoms with van der Waals surface area (Å²) in [5.74, 6) is -0.921. The molecule has 0 unspecified atom stereocenters. The first-order valence-electron chi connectivity index (χ1n) is 5.23. The largest absolute Gasteiger partial charge is 0.481 e. The Morgan fingerprint density at radius 3 is 2.83 bits per heavy atom. The molecule has 94 valence electrons. The molecule has 2 rings (SSSR count). The molecule has 1 N–H and O–H groups in total. The monoisotopic (exact) mass is 310 g/mol. The zero-order valence-corrected chi connectivity index (χ0v) is 11.5. The number of carboxylic acid groups (broad SMARTS) is 1. The van der Waals surface area contributed by atoms with Crippen molar-refractivity contribution in [2.75, 3.05) is 0 Å². The van der Waals surface area contributed by atoms with E-state index in [4.69, 9.17) is 5.11 Å². The van der Waals surface area contributed by atoms with Crippen molar-refractivity contribution >= 4 is 21.9 Å². The number of carboxylic acids is 1. The maximum Gasteiger partial charge on any atom is 0.309 e. The average Bonchev–Trinajstić information content (AvgIpc) is 2.64. The molecule has 2 heterocycles. The van der Waals surface area contributed by atoms with Gasteiger partial charge >= 0.3 is 5.97 Å². The molecule has 0 saturated heterocycles. The van der Waals surface area contributed by atoms with Crippen LogP contribution in [0.15, 0.2) is 16.6 Å². The first-order valence-corrected chi connectivity index (χ1v) is 6.02. The van der Waals surface area contributed by atoms with Gasteiger partial charge in [-0.15, -0.1) is 5.10 Å². The van der Waals surface area contributed by atoms with E-state index in [9.17, 15) is 4.79 Å². The van der Waals surface area contributed by atoms with E-state index in [1.54, 1.807) is 13.1 Å². The number of aromatic nitrogens is 4. The van der Waals surface area contributed by atoms with Crippen LogP contribution >= 0.6 is 15.9 Å². The highest BCUT2D eigenvalue weighted by atomic mass is 79.9. The lowest BCUT2D eigenvalue weighted by molar-refractivity contribution is -0.136. The smallest absolute Gasteiger partial charge is 0.309 e. The Morgan fingerprint density at radius 2 is 2.22 bits per heavy atom. The molecular formula is C11H11BrN4O2. The Morgan fingerprint density at radius 1 is 1.50 bits per heavy atom. The van der Waals surface area contributed by atoms with Gasteiger partial charge in [-0.3, -0.25) is 14.5 Å². The Kier molecular flexibility index (Phi) is 3.42. The van der Waals surface area contributed by atoms with Crippen LogP contribution in [0, 0.1) is 6.92 Å². The van der Waals surface area contributed by atoms with E-state index in [2.05, 4.69) is 31.2 Å². The van der Waals surface area contributed by atoms with Gasteiger partial charge < -0.3 is 5.11 Å². The molecule has 2 aromatic heterocycles. The fraction of sp³-hybridized carbons (Fsp3) is 0.273. The van der Waals surface area contributed by atoms with Crippen LogP contribution in [-0.4, -0.2) is 31.1 Å². The van der Waals surface area contributed by atoms with Gasteiger partial charge in [-0.2, -0.15) is 0 Å². The Hall–Kier alpha value is -1.76. The zero-order valence-electron chi connectivity index (χ0n) is 9.88. The van der Waals surface area contributed by atoms with E-state index in [1.807, 2.05) is 13.0 Å². The minimum absolute atomic E-state index is 0.129. The van der Waals surface area contributed by atoms with Crippen molar-refractivity contribution in [3.63, 3.8) is 0 Å². The van der Waals surface area contributed by atoms with Crippen molar-refractivity contribution in [2.45, 2.75) is 13.3 Å². The van der Waals surface area contributed by atoms with E-state index >= 15 is 0 Å². The van der Waals surface area contributed by atoms with E-state index < -0.39 is 5.97 Å². The Balaban J connectivity index is 2.50. The molecule has 18 heavy (non-hydrogen) atoms. The third kappa shape index (κ3) is 2.40. The highest BCUT2D eigenvalue weighted by molar-refractivity contribution is 9.10. The highest BCUT2D eigenvalue weighted by Crippen LogP contribution is 2.22. The van der Waals surface area contributed by atoms with Crippen molar-refractivity contribution in [1.29, 1.82) is 0 Å². The van der Waals surface area contributed by atoms with Crippen LogP contribution in [0.3, 0.4) is 0 Å². The third-order valence-corrected chi connectivity index (χ3v) is 3.36. The Bertz CT molecular complexity index is 609. The number of hydrogen-bond acceptors (Lipinski definition) is 4. The number of halogens is 1. The molecule has 7 heteroatoms. The number of pyridine rings is 1. The second kappa shape index (κ2) is 4.85. The molecule has 0 atom stereocenters. The maximum absolute atomic E-state index is 10.8. The van der Waals surface area contributed by atoms with Crippen molar-refractivity contribution < 1.29 is 9.90 Å². The zero-order chi connectivity index (χ0) is 13.3. The van der Waals surface area contributed by atoms with Crippen LogP contribution in [0.2, 0.25) is 0 Å². The Labute approximate surface area is 112 Å².